The minimum atomic E-state index is -1.34. The van der Waals surface area contributed by atoms with Crippen molar-refractivity contribution in [2.45, 2.75) is 51.7 Å². The number of thiazole rings is 1. The topological polar surface area (TPSA) is 98.1 Å². The van der Waals surface area contributed by atoms with Crippen LogP contribution in [0.4, 0.5) is 0 Å². The Morgan fingerprint density at radius 3 is 2.39 bits per heavy atom. The van der Waals surface area contributed by atoms with Crippen molar-refractivity contribution in [3.63, 3.8) is 0 Å². The van der Waals surface area contributed by atoms with Gasteiger partial charge < -0.3 is 14.7 Å². The highest BCUT2D eigenvalue weighted by Crippen LogP contribution is 2.42. The molecular formula is C14H17ClN2O5S. The zero-order chi connectivity index (χ0) is 17.4. The maximum Gasteiger partial charge on any atom is 0.360 e. The van der Waals surface area contributed by atoms with E-state index in [0.717, 1.165) is 11.3 Å². The molecule has 0 radical (unpaired) electrons. The summed E-state index contributed by atoms with van der Waals surface area (Å²) in [6, 6.07) is 0. The van der Waals surface area contributed by atoms with Gasteiger partial charge in [0.15, 0.2) is 0 Å². The lowest BCUT2D eigenvalue weighted by atomic mass is 10.2. The number of ether oxygens (including phenoxy) is 1. The fourth-order valence-electron chi connectivity index (χ4n) is 1.68. The number of aromatic nitrogens is 1. The quantitative estimate of drug-likeness (QED) is 0.492. The lowest BCUT2D eigenvalue weighted by molar-refractivity contribution is -0.172. The summed E-state index contributed by atoms with van der Waals surface area (Å²) in [5.41, 5.74) is -2.29. The van der Waals surface area contributed by atoms with E-state index < -0.39 is 28.9 Å². The van der Waals surface area contributed by atoms with Gasteiger partial charge in [0, 0.05) is 12.8 Å². The first-order valence-corrected chi connectivity index (χ1v) is 8.10. The average Bonchev–Trinajstić information content (AvgIpc) is 3.09. The lowest BCUT2D eigenvalue weighted by Crippen LogP contribution is -2.34. The van der Waals surface area contributed by atoms with Crippen molar-refractivity contribution in [3.05, 3.63) is 15.0 Å². The maximum absolute atomic E-state index is 12.1. The number of carboxylic acid groups (broad SMARTS) is 1. The summed E-state index contributed by atoms with van der Waals surface area (Å²) >= 11 is 7.10. The van der Waals surface area contributed by atoms with Crippen LogP contribution >= 0.6 is 22.9 Å². The number of carbonyl (C=O) groups is 2. The molecule has 1 aromatic rings. The third-order valence-corrected chi connectivity index (χ3v) is 4.08. The Hall–Kier alpha value is -1.67. The van der Waals surface area contributed by atoms with E-state index in [1.54, 1.807) is 27.7 Å². The number of esters is 1. The second kappa shape index (κ2) is 6.09. The third kappa shape index (κ3) is 4.20. The normalized spacial score (nSPS) is 16.8. The van der Waals surface area contributed by atoms with Crippen LogP contribution in [-0.2, 0) is 19.2 Å². The van der Waals surface area contributed by atoms with Gasteiger partial charge in [-0.05, 0) is 27.7 Å². The molecule has 1 N–H and O–H groups in total. The standard InChI is InChI=1S/C14H17ClN2O5S/c1-7-16-8(10(15)23-7)9(11(18)19)17-22-14(5-6-14)12(20)21-13(2,3)4/h5-6H2,1-4H3,(H,18,19)/b17-9-. The molecule has 0 atom stereocenters. The van der Waals surface area contributed by atoms with Crippen LogP contribution in [-0.4, -0.2) is 38.9 Å². The Kier molecular flexibility index (Phi) is 4.68. The van der Waals surface area contributed by atoms with Gasteiger partial charge >= 0.3 is 11.9 Å². The summed E-state index contributed by atoms with van der Waals surface area (Å²) in [4.78, 5) is 32.8. The average molecular weight is 361 g/mol. The predicted octanol–water partition coefficient (Wildman–Crippen LogP) is 2.78. The van der Waals surface area contributed by atoms with Crippen molar-refractivity contribution in [3.8, 4) is 0 Å². The SMILES string of the molecule is Cc1nc(/C(=N/OC2(C(=O)OC(C)(C)C)CC2)C(=O)O)c(Cl)s1. The molecule has 1 aromatic heterocycles. The molecule has 0 bridgehead atoms. The van der Waals surface area contributed by atoms with E-state index in [1.165, 1.54) is 0 Å². The van der Waals surface area contributed by atoms with Crippen LogP contribution in [0.5, 0.6) is 0 Å². The number of oxime groups is 1. The highest BCUT2D eigenvalue weighted by atomic mass is 35.5. The second-order valence-corrected chi connectivity index (χ2v) is 7.99. The molecule has 1 fully saturated rings. The van der Waals surface area contributed by atoms with Crippen LogP contribution in [0.15, 0.2) is 5.16 Å². The van der Waals surface area contributed by atoms with Gasteiger partial charge in [0.2, 0.25) is 11.3 Å². The van der Waals surface area contributed by atoms with Gasteiger partial charge in [-0.3, -0.25) is 0 Å². The fraction of sp³-hybridized carbons (Fsp3) is 0.571. The Labute approximate surface area is 142 Å². The van der Waals surface area contributed by atoms with Gasteiger partial charge in [0.1, 0.15) is 15.6 Å². The van der Waals surface area contributed by atoms with Gasteiger partial charge in [-0.2, -0.15) is 0 Å². The van der Waals surface area contributed by atoms with Crippen LogP contribution in [0.25, 0.3) is 0 Å². The highest BCUT2D eigenvalue weighted by Gasteiger charge is 2.56. The summed E-state index contributed by atoms with van der Waals surface area (Å²) in [7, 11) is 0. The monoisotopic (exact) mass is 360 g/mol. The molecule has 9 heteroatoms. The van der Waals surface area contributed by atoms with Crippen molar-refractivity contribution in [2.24, 2.45) is 5.16 Å². The largest absolute Gasteiger partial charge is 0.476 e. The summed E-state index contributed by atoms with van der Waals surface area (Å²) in [6.45, 7) is 6.92. The van der Waals surface area contributed by atoms with E-state index >= 15 is 0 Å². The minimum Gasteiger partial charge on any atom is -0.476 e. The van der Waals surface area contributed by atoms with E-state index in [2.05, 4.69) is 10.1 Å². The molecule has 1 aliphatic carbocycles. The molecule has 0 aromatic carbocycles. The van der Waals surface area contributed by atoms with Crippen LogP contribution in [0.3, 0.4) is 0 Å². The molecule has 0 spiro atoms. The van der Waals surface area contributed by atoms with Crippen molar-refractivity contribution in [1.29, 1.82) is 0 Å². The van der Waals surface area contributed by atoms with Gasteiger partial charge in [0.05, 0.1) is 5.01 Å². The lowest BCUT2D eigenvalue weighted by Gasteiger charge is -2.22. The van der Waals surface area contributed by atoms with Crippen molar-refractivity contribution >= 4 is 40.6 Å². The van der Waals surface area contributed by atoms with E-state index in [0.29, 0.717) is 17.8 Å². The molecule has 7 nitrogen and oxygen atoms in total. The molecule has 1 saturated carbocycles. The number of carboxylic acids is 1. The first-order valence-electron chi connectivity index (χ1n) is 6.90. The van der Waals surface area contributed by atoms with Crippen LogP contribution < -0.4 is 0 Å². The van der Waals surface area contributed by atoms with Gasteiger partial charge in [-0.1, -0.05) is 16.8 Å². The zero-order valence-corrected chi connectivity index (χ0v) is 14.7. The van der Waals surface area contributed by atoms with Crippen LogP contribution in [0.2, 0.25) is 4.34 Å². The van der Waals surface area contributed by atoms with Crippen LogP contribution in [0, 0.1) is 6.92 Å². The number of halogens is 1. The minimum absolute atomic E-state index is 0.0293. The van der Waals surface area contributed by atoms with Gasteiger partial charge in [0.25, 0.3) is 0 Å². The van der Waals surface area contributed by atoms with E-state index in [-0.39, 0.29) is 10.0 Å². The first-order chi connectivity index (χ1) is 10.5. The number of aryl methyl sites for hydroxylation is 1. The highest BCUT2D eigenvalue weighted by molar-refractivity contribution is 7.16. The zero-order valence-electron chi connectivity index (χ0n) is 13.2. The number of hydrogen-bond donors (Lipinski definition) is 1. The van der Waals surface area contributed by atoms with Crippen molar-refractivity contribution < 1.29 is 24.3 Å². The predicted molar refractivity (Wildman–Crippen MR) is 84.9 cm³/mol. The van der Waals surface area contributed by atoms with E-state index in [9.17, 15) is 14.7 Å². The molecule has 23 heavy (non-hydrogen) atoms. The Morgan fingerprint density at radius 1 is 1.39 bits per heavy atom. The summed E-state index contributed by atoms with van der Waals surface area (Å²) in [5.74, 6) is -1.89. The summed E-state index contributed by atoms with van der Waals surface area (Å²) < 4.78 is 5.47. The van der Waals surface area contributed by atoms with Crippen molar-refractivity contribution in [1.82, 2.24) is 4.98 Å². The molecular weight excluding hydrogens is 344 g/mol. The smallest absolute Gasteiger partial charge is 0.360 e. The summed E-state index contributed by atoms with van der Waals surface area (Å²) in [5, 5.41) is 13.5. The first kappa shape index (κ1) is 17.7. The molecule has 1 aliphatic rings. The Bertz CT molecular complexity index is 673. The molecule has 0 unspecified atom stereocenters. The maximum atomic E-state index is 12.1. The number of carbonyl (C=O) groups excluding carboxylic acids is 1. The van der Waals surface area contributed by atoms with E-state index in [1.807, 2.05) is 0 Å². The van der Waals surface area contributed by atoms with E-state index in [4.69, 9.17) is 21.2 Å². The molecule has 0 saturated heterocycles. The van der Waals surface area contributed by atoms with Crippen molar-refractivity contribution in [2.75, 3.05) is 0 Å². The Balaban J connectivity index is 2.20. The van der Waals surface area contributed by atoms with Gasteiger partial charge in [-0.15, -0.1) is 11.3 Å². The molecule has 126 valence electrons. The Morgan fingerprint density at radius 2 is 2.00 bits per heavy atom. The molecule has 2 rings (SSSR count). The number of aliphatic carboxylic acids is 1. The summed E-state index contributed by atoms with van der Waals surface area (Å²) in [6.07, 6.45) is 0.838. The number of rotatable bonds is 5. The molecule has 0 aliphatic heterocycles. The second-order valence-electron chi connectivity index (χ2n) is 6.19. The number of nitrogens with zero attached hydrogens (tertiary/aromatic N) is 2. The van der Waals surface area contributed by atoms with Crippen LogP contribution in [0.1, 0.15) is 44.3 Å². The molecule has 0 amide bonds. The van der Waals surface area contributed by atoms with Gasteiger partial charge in [-0.25, -0.2) is 14.6 Å². The third-order valence-electron chi connectivity index (χ3n) is 2.91. The molecule has 1 heterocycles. The number of hydrogen-bond acceptors (Lipinski definition) is 7. The fourth-order valence-corrected chi connectivity index (χ4v) is 2.78.